The molecule has 3 aromatic rings. The Hall–Kier alpha value is -1.76. The first-order valence-corrected chi connectivity index (χ1v) is 10.8. The molecule has 1 unspecified atom stereocenters. The zero-order valence-corrected chi connectivity index (χ0v) is 21.7. The van der Waals surface area contributed by atoms with E-state index in [1.54, 1.807) is 30.6 Å². The molecule has 0 radical (unpaired) electrons. The summed E-state index contributed by atoms with van der Waals surface area (Å²) >= 11 is 7.52. The number of guanidine groups is 1. The van der Waals surface area contributed by atoms with Crippen LogP contribution in [-0.2, 0) is 17.8 Å². The SMILES string of the molecule is CCNC(=NCc1nc(-c2ccc(Cl)cc2)no1)N(C)Cc1csc(C(C)OC)n1.I. The Bertz CT molecular complexity index is 978. The van der Waals surface area contributed by atoms with Crippen molar-refractivity contribution in [2.24, 2.45) is 4.99 Å². The first-order chi connectivity index (χ1) is 14.5. The van der Waals surface area contributed by atoms with Crippen LogP contribution in [0.25, 0.3) is 11.4 Å². The van der Waals surface area contributed by atoms with Crippen LogP contribution in [0.3, 0.4) is 0 Å². The summed E-state index contributed by atoms with van der Waals surface area (Å²) in [4.78, 5) is 15.7. The lowest BCUT2D eigenvalue weighted by molar-refractivity contribution is 0.119. The van der Waals surface area contributed by atoms with Gasteiger partial charge in [0.15, 0.2) is 5.96 Å². The first kappa shape index (κ1) is 25.5. The molecule has 2 heterocycles. The molecule has 0 spiro atoms. The van der Waals surface area contributed by atoms with Crippen molar-refractivity contribution in [3.05, 3.63) is 51.3 Å². The van der Waals surface area contributed by atoms with E-state index in [0.717, 1.165) is 28.8 Å². The van der Waals surface area contributed by atoms with Crippen molar-refractivity contribution in [3.63, 3.8) is 0 Å². The molecule has 3 rings (SSSR count). The van der Waals surface area contributed by atoms with Gasteiger partial charge in [0.1, 0.15) is 17.7 Å². The lowest BCUT2D eigenvalue weighted by Gasteiger charge is -2.20. The number of ether oxygens (including phenoxy) is 1. The zero-order valence-electron chi connectivity index (χ0n) is 17.8. The molecule has 1 aromatic carbocycles. The Balaban J connectivity index is 0.00000341. The number of nitrogens with one attached hydrogen (secondary N) is 1. The van der Waals surface area contributed by atoms with Crippen LogP contribution in [0.4, 0.5) is 0 Å². The maximum absolute atomic E-state index is 5.93. The van der Waals surface area contributed by atoms with Gasteiger partial charge in [0.25, 0.3) is 0 Å². The third kappa shape index (κ3) is 7.13. The van der Waals surface area contributed by atoms with Gasteiger partial charge in [-0.1, -0.05) is 16.8 Å². The zero-order chi connectivity index (χ0) is 21.5. The van der Waals surface area contributed by atoms with Gasteiger partial charge in [-0.15, -0.1) is 35.3 Å². The van der Waals surface area contributed by atoms with E-state index in [9.17, 15) is 0 Å². The molecule has 11 heteroatoms. The third-order valence-corrected chi connectivity index (χ3v) is 5.61. The van der Waals surface area contributed by atoms with E-state index in [4.69, 9.17) is 20.9 Å². The normalized spacial score (nSPS) is 12.4. The lowest BCUT2D eigenvalue weighted by atomic mass is 10.2. The van der Waals surface area contributed by atoms with Crippen molar-refractivity contribution in [3.8, 4) is 11.4 Å². The average molecular weight is 577 g/mol. The topological polar surface area (TPSA) is 88.7 Å². The standard InChI is InChI=1S/C20H25ClN6O2S.HI/c1-5-22-20(27(3)11-16-12-30-19(24-16)13(2)28-4)23-10-17-25-18(26-29-17)14-6-8-15(21)9-7-14;/h6-9,12-13H,5,10-11H2,1-4H3,(H,22,23);1H. The molecule has 2 aromatic heterocycles. The van der Waals surface area contributed by atoms with Crippen molar-refractivity contribution in [2.45, 2.75) is 33.0 Å². The van der Waals surface area contributed by atoms with Crippen molar-refractivity contribution >= 4 is 52.9 Å². The second-order valence-corrected chi connectivity index (χ2v) is 7.93. The second kappa shape index (κ2) is 12.3. The van der Waals surface area contributed by atoms with E-state index in [2.05, 4.69) is 25.4 Å². The van der Waals surface area contributed by atoms with E-state index in [-0.39, 0.29) is 36.6 Å². The Morgan fingerprint density at radius 2 is 2.06 bits per heavy atom. The summed E-state index contributed by atoms with van der Waals surface area (Å²) in [6, 6.07) is 7.29. The Labute approximate surface area is 208 Å². The molecule has 31 heavy (non-hydrogen) atoms. The number of nitrogens with zero attached hydrogens (tertiary/aromatic N) is 5. The Morgan fingerprint density at radius 1 is 1.32 bits per heavy atom. The summed E-state index contributed by atoms with van der Waals surface area (Å²) in [6.07, 6.45) is -0.0108. The van der Waals surface area contributed by atoms with Gasteiger partial charge >= 0.3 is 0 Å². The van der Waals surface area contributed by atoms with E-state index in [1.165, 1.54) is 0 Å². The Morgan fingerprint density at radius 3 is 2.74 bits per heavy atom. The van der Waals surface area contributed by atoms with Gasteiger partial charge in [0.2, 0.25) is 11.7 Å². The van der Waals surface area contributed by atoms with Crippen LogP contribution in [0, 0.1) is 0 Å². The van der Waals surface area contributed by atoms with Crippen LogP contribution in [0.1, 0.15) is 36.5 Å². The van der Waals surface area contributed by atoms with Crippen LogP contribution in [0.5, 0.6) is 0 Å². The highest BCUT2D eigenvalue weighted by molar-refractivity contribution is 14.0. The molecule has 0 saturated carbocycles. The van der Waals surface area contributed by atoms with Gasteiger partial charge in [0, 0.05) is 36.7 Å². The number of rotatable bonds is 8. The largest absolute Gasteiger partial charge is 0.375 e. The van der Waals surface area contributed by atoms with Crippen LogP contribution in [0.2, 0.25) is 5.02 Å². The molecule has 0 aliphatic heterocycles. The van der Waals surface area contributed by atoms with E-state index >= 15 is 0 Å². The van der Waals surface area contributed by atoms with Crippen molar-refractivity contribution in [1.82, 2.24) is 25.3 Å². The fraction of sp³-hybridized carbons (Fsp3) is 0.400. The molecule has 0 saturated heterocycles. The van der Waals surface area contributed by atoms with E-state index < -0.39 is 0 Å². The molecule has 0 bridgehead atoms. The quantitative estimate of drug-likeness (QED) is 0.235. The highest BCUT2D eigenvalue weighted by atomic mass is 127. The number of hydrogen-bond donors (Lipinski definition) is 1. The smallest absolute Gasteiger partial charge is 0.248 e. The molecule has 0 aliphatic rings. The first-order valence-electron chi connectivity index (χ1n) is 9.55. The number of benzene rings is 1. The number of aliphatic imine (C=N–C) groups is 1. The molecule has 0 fully saturated rings. The van der Waals surface area contributed by atoms with Gasteiger partial charge in [-0.2, -0.15) is 4.98 Å². The minimum Gasteiger partial charge on any atom is -0.375 e. The van der Waals surface area contributed by atoms with Gasteiger partial charge in [-0.25, -0.2) is 9.98 Å². The fourth-order valence-electron chi connectivity index (χ4n) is 2.65. The molecule has 168 valence electrons. The minimum atomic E-state index is -0.0108. The molecular weight excluding hydrogens is 551 g/mol. The number of methoxy groups -OCH3 is 1. The Kier molecular flexibility index (Phi) is 10.1. The predicted octanol–water partition coefficient (Wildman–Crippen LogP) is 4.77. The van der Waals surface area contributed by atoms with Crippen LogP contribution in [0.15, 0.2) is 39.2 Å². The van der Waals surface area contributed by atoms with E-state index in [1.807, 2.05) is 43.3 Å². The summed E-state index contributed by atoms with van der Waals surface area (Å²) in [5.41, 5.74) is 1.81. The van der Waals surface area contributed by atoms with Gasteiger partial charge in [-0.05, 0) is 38.1 Å². The molecule has 1 N–H and O–H groups in total. The van der Waals surface area contributed by atoms with Crippen molar-refractivity contribution < 1.29 is 9.26 Å². The second-order valence-electron chi connectivity index (χ2n) is 6.60. The van der Waals surface area contributed by atoms with E-state index in [0.29, 0.717) is 23.3 Å². The highest BCUT2D eigenvalue weighted by Gasteiger charge is 2.14. The maximum Gasteiger partial charge on any atom is 0.248 e. The fourth-order valence-corrected chi connectivity index (χ4v) is 3.62. The van der Waals surface area contributed by atoms with Crippen molar-refractivity contribution in [1.29, 1.82) is 0 Å². The van der Waals surface area contributed by atoms with Gasteiger partial charge < -0.3 is 19.5 Å². The molecular formula is C20H26ClIN6O2S. The molecule has 0 amide bonds. The number of aromatic nitrogens is 3. The number of halogens is 2. The monoisotopic (exact) mass is 576 g/mol. The van der Waals surface area contributed by atoms with Crippen LogP contribution >= 0.6 is 46.9 Å². The van der Waals surface area contributed by atoms with Crippen molar-refractivity contribution in [2.75, 3.05) is 20.7 Å². The molecule has 1 atom stereocenters. The van der Waals surface area contributed by atoms with Gasteiger partial charge in [0.05, 0.1) is 12.2 Å². The molecule has 8 nitrogen and oxygen atoms in total. The minimum absolute atomic E-state index is 0. The van der Waals surface area contributed by atoms with Crippen LogP contribution < -0.4 is 5.32 Å². The number of hydrogen-bond acceptors (Lipinski definition) is 7. The van der Waals surface area contributed by atoms with Crippen LogP contribution in [-0.4, -0.2) is 46.7 Å². The summed E-state index contributed by atoms with van der Waals surface area (Å²) in [5.74, 6) is 1.68. The average Bonchev–Trinajstić information content (AvgIpc) is 3.41. The summed E-state index contributed by atoms with van der Waals surface area (Å²) in [7, 11) is 3.65. The number of thiazole rings is 1. The third-order valence-electron chi connectivity index (χ3n) is 4.30. The summed E-state index contributed by atoms with van der Waals surface area (Å²) in [5, 5.41) is 11.0. The van der Waals surface area contributed by atoms with Gasteiger partial charge in [-0.3, -0.25) is 0 Å². The summed E-state index contributed by atoms with van der Waals surface area (Å²) in [6.45, 7) is 5.65. The summed E-state index contributed by atoms with van der Waals surface area (Å²) < 4.78 is 10.7. The molecule has 0 aliphatic carbocycles. The predicted molar refractivity (Wildman–Crippen MR) is 134 cm³/mol. The lowest BCUT2D eigenvalue weighted by Crippen LogP contribution is -2.38. The maximum atomic E-state index is 5.93. The highest BCUT2D eigenvalue weighted by Crippen LogP contribution is 2.21.